The Morgan fingerprint density at radius 3 is 2.86 bits per heavy atom. The molecule has 0 bridgehead atoms. The van der Waals surface area contributed by atoms with Gasteiger partial charge in [-0.2, -0.15) is 0 Å². The van der Waals surface area contributed by atoms with Crippen LogP contribution in [0.5, 0.6) is 0 Å². The smallest absolute Gasteiger partial charge is 0.0953 e. The lowest BCUT2D eigenvalue weighted by atomic mass is 10.2. The van der Waals surface area contributed by atoms with E-state index in [1.165, 1.54) is 11.3 Å². The molecule has 0 saturated heterocycles. The fraction of sp³-hybridized carbons (Fsp3) is 0.545. The second-order valence-electron chi connectivity index (χ2n) is 3.61. The van der Waals surface area contributed by atoms with Gasteiger partial charge in [-0.3, -0.25) is 0 Å². The van der Waals surface area contributed by atoms with Crippen molar-refractivity contribution in [2.75, 3.05) is 5.33 Å². The molecule has 0 atom stereocenters. The van der Waals surface area contributed by atoms with E-state index in [-0.39, 0.29) is 0 Å². The van der Waals surface area contributed by atoms with Gasteiger partial charge in [0.25, 0.3) is 0 Å². The number of rotatable bonds is 4. The van der Waals surface area contributed by atoms with Crippen LogP contribution in [0.15, 0.2) is 18.1 Å². The van der Waals surface area contributed by atoms with E-state index in [0.717, 1.165) is 11.8 Å². The molecule has 14 heavy (non-hydrogen) atoms. The van der Waals surface area contributed by atoms with Gasteiger partial charge in [0.2, 0.25) is 0 Å². The first kappa shape index (κ1) is 11.5. The van der Waals surface area contributed by atoms with Crippen molar-refractivity contribution in [3.8, 4) is 0 Å². The summed E-state index contributed by atoms with van der Waals surface area (Å²) in [6.45, 7) is 6.50. The Bertz CT molecular complexity index is 307. The summed E-state index contributed by atoms with van der Waals surface area (Å²) in [6.07, 6.45) is 7.09. The molecule has 0 fully saturated rings. The molecule has 1 heterocycles. The highest BCUT2D eigenvalue weighted by atomic mass is 79.9. The largest absolute Gasteiger partial charge is 0.329 e. The molecule has 0 saturated carbocycles. The maximum Gasteiger partial charge on any atom is 0.0953 e. The number of halogens is 1. The van der Waals surface area contributed by atoms with E-state index in [1.54, 1.807) is 0 Å². The van der Waals surface area contributed by atoms with Crippen LogP contribution in [-0.2, 0) is 0 Å². The molecule has 0 aromatic carbocycles. The van der Waals surface area contributed by atoms with E-state index in [4.69, 9.17) is 0 Å². The molecule has 0 radical (unpaired) electrons. The number of imidazole rings is 1. The van der Waals surface area contributed by atoms with Crippen molar-refractivity contribution in [2.24, 2.45) is 0 Å². The third kappa shape index (κ3) is 2.71. The monoisotopic (exact) mass is 256 g/mol. The summed E-state index contributed by atoms with van der Waals surface area (Å²) in [4.78, 5) is 4.17. The first-order chi connectivity index (χ1) is 6.69. The van der Waals surface area contributed by atoms with Crippen molar-refractivity contribution in [3.63, 3.8) is 0 Å². The average molecular weight is 257 g/mol. The normalized spacial score (nSPS) is 12.5. The van der Waals surface area contributed by atoms with Gasteiger partial charge in [-0.05, 0) is 26.3 Å². The SMILES string of the molecule is CCC(=Cc1cncn1C(C)C)CBr. The molecule has 0 N–H and O–H groups in total. The van der Waals surface area contributed by atoms with Crippen LogP contribution < -0.4 is 0 Å². The van der Waals surface area contributed by atoms with E-state index in [1.807, 2.05) is 12.5 Å². The molecule has 1 aromatic rings. The highest BCUT2D eigenvalue weighted by molar-refractivity contribution is 9.09. The lowest BCUT2D eigenvalue weighted by Gasteiger charge is -2.09. The maximum absolute atomic E-state index is 4.17. The van der Waals surface area contributed by atoms with Crippen LogP contribution >= 0.6 is 15.9 Å². The van der Waals surface area contributed by atoms with E-state index in [0.29, 0.717) is 6.04 Å². The third-order valence-electron chi connectivity index (χ3n) is 2.23. The van der Waals surface area contributed by atoms with Gasteiger partial charge in [0.15, 0.2) is 0 Å². The number of aromatic nitrogens is 2. The second kappa shape index (κ2) is 5.35. The summed E-state index contributed by atoms with van der Waals surface area (Å²) in [7, 11) is 0. The van der Waals surface area contributed by atoms with E-state index in [2.05, 4.69) is 52.3 Å². The van der Waals surface area contributed by atoms with Gasteiger partial charge in [0.05, 0.1) is 18.2 Å². The molecule has 0 amide bonds. The second-order valence-corrected chi connectivity index (χ2v) is 4.17. The van der Waals surface area contributed by atoms with Crippen LogP contribution in [0.2, 0.25) is 0 Å². The first-order valence-electron chi connectivity index (χ1n) is 4.96. The van der Waals surface area contributed by atoms with Crippen LogP contribution in [-0.4, -0.2) is 14.9 Å². The maximum atomic E-state index is 4.17. The van der Waals surface area contributed by atoms with Crippen molar-refractivity contribution in [2.45, 2.75) is 33.2 Å². The molecule has 0 aliphatic carbocycles. The Kier molecular flexibility index (Phi) is 4.39. The molecule has 78 valence electrons. The topological polar surface area (TPSA) is 17.8 Å². The molecular weight excluding hydrogens is 240 g/mol. The molecule has 0 aliphatic rings. The van der Waals surface area contributed by atoms with Crippen LogP contribution in [0.1, 0.15) is 38.9 Å². The summed E-state index contributed by atoms with van der Waals surface area (Å²) in [5.41, 5.74) is 2.59. The number of hydrogen-bond donors (Lipinski definition) is 0. The third-order valence-corrected chi connectivity index (χ3v) is 2.95. The van der Waals surface area contributed by atoms with Gasteiger partial charge >= 0.3 is 0 Å². The zero-order chi connectivity index (χ0) is 10.6. The Hall–Kier alpha value is -0.570. The molecule has 3 heteroatoms. The summed E-state index contributed by atoms with van der Waals surface area (Å²) < 4.78 is 2.18. The van der Waals surface area contributed by atoms with Crippen molar-refractivity contribution < 1.29 is 0 Å². The highest BCUT2D eigenvalue weighted by Crippen LogP contribution is 2.15. The van der Waals surface area contributed by atoms with Gasteiger partial charge in [-0.1, -0.05) is 28.4 Å². The van der Waals surface area contributed by atoms with Crippen molar-refractivity contribution in [1.82, 2.24) is 9.55 Å². The van der Waals surface area contributed by atoms with Crippen LogP contribution in [0, 0.1) is 0 Å². The van der Waals surface area contributed by atoms with E-state index >= 15 is 0 Å². The van der Waals surface area contributed by atoms with Crippen LogP contribution in [0.3, 0.4) is 0 Å². The quantitative estimate of drug-likeness (QED) is 0.753. The summed E-state index contributed by atoms with van der Waals surface area (Å²) in [6, 6.07) is 0.470. The molecule has 0 unspecified atom stereocenters. The number of nitrogens with zero attached hydrogens (tertiary/aromatic N) is 2. The van der Waals surface area contributed by atoms with Crippen LogP contribution in [0.25, 0.3) is 6.08 Å². The van der Waals surface area contributed by atoms with Crippen LogP contribution in [0.4, 0.5) is 0 Å². The predicted octanol–water partition coefficient (Wildman–Crippen LogP) is 3.65. The fourth-order valence-corrected chi connectivity index (χ4v) is 1.86. The Balaban J connectivity index is 2.95. The molecule has 1 aromatic heterocycles. The average Bonchev–Trinajstić information content (AvgIpc) is 2.62. The Labute approximate surface area is 94.2 Å². The molecule has 1 rings (SSSR count). The van der Waals surface area contributed by atoms with Crippen molar-refractivity contribution >= 4 is 22.0 Å². The van der Waals surface area contributed by atoms with Gasteiger partial charge in [0.1, 0.15) is 0 Å². The standard InChI is InChI=1S/C11H17BrN2/c1-4-10(6-12)5-11-7-13-8-14(11)9(2)3/h5,7-9H,4,6H2,1-3H3. The summed E-state index contributed by atoms with van der Waals surface area (Å²) >= 11 is 3.49. The molecule has 0 spiro atoms. The van der Waals surface area contributed by atoms with Gasteiger partial charge in [-0.15, -0.1) is 0 Å². The van der Waals surface area contributed by atoms with Gasteiger partial charge in [-0.25, -0.2) is 4.98 Å². The van der Waals surface area contributed by atoms with Crippen molar-refractivity contribution in [3.05, 3.63) is 23.8 Å². The Morgan fingerprint density at radius 2 is 2.36 bits per heavy atom. The summed E-state index contributed by atoms with van der Waals surface area (Å²) in [5, 5.41) is 0.937. The first-order valence-corrected chi connectivity index (χ1v) is 6.08. The number of hydrogen-bond acceptors (Lipinski definition) is 1. The van der Waals surface area contributed by atoms with Gasteiger partial charge < -0.3 is 4.57 Å². The predicted molar refractivity (Wildman–Crippen MR) is 64.7 cm³/mol. The van der Waals surface area contributed by atoms with E-state index in [9.17, 15) is 0 Å². The minimum absolute atomic E-state index is 0.470. The van der Waals surface area contributed by atoms with Gasteiger partial charge in [0, 0.05) is 11.4 Å². The minimum atomic E-state index is 0.470. The number of allylic oxidation sites excluding steroid dienone is 1. The lowest BCUT2D eigenvalue weighted by molar-refractivity contribution is 0.595. The zero-order valence-corrected chi connectivity index (χ0v) is 10.6. The molecule has 0 aliphatic heterocycles. The Morgan fingerprint density at radius 1 is 1.64 bits per heavy atom. The van der Waals surface area contributed by atoms with Crippen molar-refractivity contribution in [1.29, 1.82) is 0 Å². The summed E-state index contributed by atoms with van der Waals surface area (Å²) in [5.74, 6) is 0. The zero-order valence-electron chi connectivity index (χ0n) is 9.00. The molecule has 2 nitrogen and oxygen atoms in total. The fourth-order valence-electron chi connectivity index (χ4n) is 1.30. The minimum Gasteiger partial charge on any atom is -0.329 e. The molecular formula is C11H17BrN2. The highest BCUT2D eigenvalue weighted by Gasteiger charge is 2.03. The number of alkyl halides is 1. The lowest BCUT2D eigenvalue weighted by Crippen LogP contribution is -2.01. The van der Waals surface area contributed by atoms with E-state index < -0.39 is 0 Å².